The lowest BCUT2D eigenvalue weighted by atomic mass is 10.0. The van der Waals surface area contributed by atoms with Gasteiger partial charge in [-0.05, 0) is 25.5 Å². The summed E-state index contributed by atoms with van der Waals surface area (Å²) in [7, 11) is 0. The molecule has 2 N–H and O–H groups in total. The van der Waals surface area contributed by atoms with Crippen LogP contribution < -0.4 is 5.32 Å². The van der Waals surface area contributed by atoms with E-state index in [0.29, 0.717) is 6.07 Å². The summed E-state index contributed by atoms with van der Waals surface area (Å²) in [5.74, 6) is -5.59. The molecule has 1 aromatic carbocycles. The van der Waals surface area contributed by atoms with Gasteiger partial charge in [0.2, 0.25) is 0 Å². The summed E-state index contributed by atoms with van der Waals surface area (Å²) in [5, 5.41) is 11.3. The Morgan fingerprint density at radius 3 is 2.26 bits per heavy atom. The summed E-state index contributed by atoms with van der Waals surface area (Å²) in [6.45, 7) is 3.22. The first-order valence-corrected chi connectivity index (χ1v) is 6.91. The summed E-state index contributed by atoms with van der Waals surface area (Å²) < 4.78 is 30.9. The highest BCUT2D eigenvalue weighted by Gasteiger charge is 2.27. The Morgan fingerprint density at radius 2 is 1.78 bits per heavy atom. The maximum absolute atomic E-state index is 13.1. The van der Waals surface area contributed by atoms with Gasteiger partial charge in [0.15, 0.2) is 0 Å². The van der Waals surface area contributed by atoms with Crippen molar-refractivity contribution in [1.29, 1.82) is 0 Å². The molecule has 23 heavy (non-hydrogen) atoms. The summed E-state index contributed by atoms with van der Waals surface area (Å²) >= 11 is 0. The summed E-state index contributed by atoms with van der Waals surface area (Å²) in [5.41, 5.74) is -0.350. The quantitative estimate of drug-likeness (QED) is 0.743. The van der Waals surface area contributed by atoms with E-state index in [9.17, 15) is 23.2 Å². The minimum atomic E-state index is -1.40. The van der Waals surface area contributed by atoms with E-state index in [2.05, 4.69) is 5.32 Å². The fourth-order valence-corrected chi connectivity index (χ4v) is 1.88. The lowest BCUT2D eigenvalue weighted by Gasteiger charge is -2.18. The van der Waals surface area contributed by atoms with Gasteiger partial charge >= 0.3 is 11.9 Å². The number of carbonyl (C=O) groups excluding carboxylic acids is 2. The summed E-state index contributed by atoms with van der Waals surface area (Å²) in [6.07, 6.45) is -0.211. The molecule has 0 fully saturated rings. The molecule has 0 saturated heterocycles. The molecule has 1 aromatic rings. The molecule has 2 atom stereocenters. The number of hydrogen-bond acceptors (Lipinski definition) is 4. The van der Waals surface area contributed by atoms with Crippen molar-refractivity contribution in [3.05, 3.63) is 35.4 Å². The van der Waals surface area contributed by atoms with Crippen LogP contribution in [0.5, 0.6) is 0 Å². The average Bonchev–Trinajstić information content (AvgIpc) is 2.45. The third kappa shape index (κ3) is 5.65. The van der Waals surface area contributed by atoms with Crippen LogP contribution in [-0.4, -0.2) is 35.6 Å². The number of carboxylic acid groups (broad SMARTS) is 1. The second kappa shape index (κ2) is 8.21. The Kier molecular flexibility index (Phi) is 6.62. The number of halogens is 2. The summed E-state index contributed by atoms with van der Waals surface area (Å²) in [6, 6.07) is 0.764. The van der Waals surface area contributed by atoms with Crippen molar-refractivity contribution in [2.75, 3.05) is 6.61 Å². The molecule has 0 aliphatic heterocycles. The monoisotopic (exact) mass is 329 g/mol. The van der Waals surface area contributed by atoms with Crippen LogP contribution in [0.1, 0.15) is 30.6 Å². The number of carbonyl (C=O) groups is 3. The molecule has 8 heteroatoms. The van der Waals surface area contributed by atoms with Gasteiger partial charge in [-0.3, -0.25) is 9.59 Å². The van der Waals surface area contributed by atoms with Gasteiger partial charge in [0.1, 0.15) is 17.7 Å². The molecule has 0 radical (unpaired) electrons. The maximum Gasteiger partial charge on any atom is 0.326 e. The Labute approximate surface area is 131 Å². The normalized spacial score (nSPS) is 13.0. The van der Waals surface area contributed by atoms with E-state index < -0.39 is 41.4 Å². The molecule has 0 heterocycles. The molecule has 0 aromatic heterocycles. The number of hydrogen-bond donors (Lipinski definition) is 2. The van der Waals surface area contributed by atoms with Crippen LogP contribution in [0.25, 0.3) is 0 Å². The number of esters is 1. The van der Waals surface area contributed by atoms with Crippen LogP contribution in [0.3, 0.4) is 0 Å². The molecular formula is C15H17F2NO5. The van der Waals surface area contributed by atoms with E-state index in [0.717, 1.165) is 12.1 Å². The van der Waals surface area contributed by atoms with Gasteiger partial charge < -0.3 is 15.2 Å². The van der Waals surface area contributed by atoms with E-state index in [1.807, 2.05) is 0 Å². The van der Waals surface area contributed by atoms with Crippen LogP contribution in [0.15, 0.2) is 18.2 Å². The van der Waals surface area contributed by atoms with Gasteiger partial charge in [-0.1, -0.05) is 6.92 Å². The van der Waals surface area contributed by atoms with Crippen LogP contribution in [0.2, 0.25) is 0 Å². The molecule has 0 aliphatic rings. The van der Waals surface area contributed by atoms with Crippen molar-refractivity contribution in [2.45, 2.75) is 26.3 Å². The van der Waals surface area contributed by atoms with E-state index >= 15 is 0 Å². The van der Waals surface area contributed by atoms with Crippen LogP contribution >= 0.6 is 0 Å². The number of rotatable bonds is 7. The second-order valence-corrected chi connectivity index (χ2v) is 4.91. The molecule has 0 spiro atoms. The number of benzene rings is 1. The lowest BCUT2D eigenvalue weighted by Crippen LogP contribution is -2.42. The summed E-state index contributed by atoms with van der Waals surface area (Å²) in [4.78, 5) is 34.6. The molecule has 0 bridgehead atoms. The molecule has 0 aliphatic carbocycles. The Balaban J connectivity index is 2.81. The van der Waals surface area contributed by atoms with Gasteiger partial charge in [0, 0.05) is 11.6 Å². The van der Waals surface area contributed by atoms with Gasteiger partial charge in [-0.2, -0.15) is 0 Å². The van der Waals surface area contributed by atoms with Crippen molar-refractivity contribution in [3.8, 4) is 0 Å². The lowest BCUT2D eigenvalue weighted by molar-refractivity contribution is -0.148. The van der Waals surface area contributed by atoms with Gasteiger partial charge in [0.25, 0.3) is 5.91 Å². The van der Waals surface area contributed by atoms with Gasteiger partial charge in [-0.15, -0.1) is 0 Å². The molecular weight excluding hydrogens is 312 g/mol. The number of amides is 1. The minimum absolute atomic E-state index is 0.149. The second-order valence-electron chi connectivity index (χ2n) is 4.91. The van der Waals surface area contributed by atoms with Crippen LogP contribution in [0, 0.1) is 17.6 Å². The van der Waals surface area contributed by atoms with Crippen molar-refractivity contribution < 1.29 is 33.0 Å². The molecule has 0 unspecified atom stereocenters. The topological polar surface area (TPSA) is 92.7 Å². The highest BCUT2D eigenvalue weighted by molar-refractivity contribution is 5.96. The Bertz CT molecular complexity index is 585. The zero-order valence-corrected chi connectivity index (χ0v) is 12.6. The first-order valence-electron chi connectivity index (χ1n) is 6.91. The van der Waals surface area contributed by atoms with Crippen molar-refractivity contribution >= 4 is 17.8 Å². The smallest absolute Gasteiger partial charge is 0.326 e. The Hall–Kier alpha value is -2.51. The number of aliphatic carboxylic acids is 1. The molecule has 1 rings (SSSR count). The predicted molar refractivity (Wildman–Crippen MR) is 75.7 cm³/mol. The highest BCUT2D eigenvalue weighted by Crippen LogP contribution is 2.12. The highest BCUT2D eigenvalue weighted by atomic mass is 19.1. The zero-order valence-electron chi connectivity index (χ0n) is 12.6. The number of carboxylic acids is 1. The predicted octanol–water partition coefficient (Wildman–Crippen LogP) is 1.74. The first kappa shape index (κ1) is 18.5. The first-order chi connectivity index (χ1) is 10.7. The molecule has 1 amide bonds. The number of nitrogens with one attached hydrogen (secondary N) is 1. The maximum atomic E-state index is 13.1. The zero-order chi connectivity index (χ0) is 17.6. The van der Waals surface area contributed by atoms with Crippen LogP contribution in [0.4, 0.5) is 8.78 Å². The minimum Gasteiger partial charge on any atom is -0.480 e. The molecule has 0 saturated carbocycles. The third-order valence-electron chi connectivity index (χ3n) is 3.01. The largest absolute Gasteiger partial charge is 0.480 e. The fourth-order valence-electron chi connectivity index (χ4n) is 1.88. The van der Waals surface area contributed by atoms with Crippen molar-refractivity contribution in [2.24, 2.45) is 5.92 Å². The van der Waals surface area contributed by atoms with E-state index in [-0.39, 0.29) is 18.6 Å². The SMILES string of the molecule is CCOC(=O)[C@H](C)C[C@@H](NC(=O)c1cc(F)cc(F)c1)C(=O)O. The molecule has 126 valence electrons. The Morgan fingerprint density at radius 1 is 1.22 bits per heavy atom. The van der Waals surface area contributed by atoms with E-state index in [1.165, 1.54) is 6.92 Å². The number of ether oxygens (including phenoxy) is 1. The molecule has 6 nitrogen and oxygen atoms in total. The van der Waals surface area contributed by atoms with Crippen molar-refractivity contribution in [1.82, 2.24) is 5.32 Å². The average molecular weight is 329 g/mol. The van der Waals surface area contributed by atoms with Gasteiger partial charge in [-0.25, -0.2) is 13.6 Å². The standard InChI is InChI=1S/C15H17F2NO5/c1-3-23-15(22)8(2)4-12(14(20)21)18-13(19)9-5-10(16)7-11(17)6-9/h5-8,12H,3-4H2,1-2H3,(H,18,19)(H,20,21)/t8-,12-/m1/s1. The van der Waals surface area contributed by atoms with E-state index in [4.69, 9.17) is 9.84 Å². The van der Waals surface area contributed by atoms with Crippen molar-refractivity contribution in [3.63, 3.8) is 0 Å². The third-order valence-corrected chi connectivity index (χ3v) is 3.01. The van der Waals surface area contributed by atoms with E-state index in [1.54, 1.807) is 6.92 Å². The fraction of sp³-hybridized carbons (Fsp3) is 0.400. The van der Waals surface area contributed by atoms with Crippen LogP contribution in [-0.2, 0) is 14.3 Å². The van der Waals surface area contributed by atoms with Gasteiger partial charge in [0.05, 0.1) is 12.5 Å².